The van der Waals surface area contributed by atoms with Crippen molar-refractivity contribution in [3.05, 3.63) is 53.5 Å². The molecular weight excluding hydrogens is 349 g/mol. The first-order chi connectivity index (χ1) is 12.1. The third-order valence-electron chi connectivity index (χ3n) is 3.90. The van der Waals surface area contributed by atoms with Crippen molar-refractivity contribution in [2.45, 2.75) is 23.0 Å². The number of aromatic nitrogens is 1. The zero-order valence-electron chi connectivity index (χ0n) is 12.8. The summed E-state index contributed by atoms with van der Waals surface area (Å²) in [5, 5.41) is 9.79. The van der Waals surface area contributed by atoms with Gasteiger partial charge in [-0.3, -0.25) is 0 Å². The van der Waals surface area contributed by atoms with Gasteiger partial charge in [0.05, 0.1) is 16.0 Å². The van der Waals surface area contributed by atoms with E-state index in [4.69, 9.17) is 10.00 Å². The van der Waals surface area contributed by atoms with E-state index in [1.807, 2.05) is 0 Å². The van der Waals surface area contributed by atoms with E-state index in [1.54, 1.807) is 18.3 Å². The normalized spacial score (nSPS) is 13.8. The number of H-pyrrole nitrogens is 1. The monoisotopic (exact) mass is 360 g/mol. The number of halogens is 3. The Morgan fingerprint density at radius 2 is 1.96 bits per heavy atom. The average molecular weight is 360 g/mol. The van der Waals surface area contributed by atoms with Gasteiger partial charge >= 0.3 is 0 Å². The minimum absolute atomic E-state index is 0.0729. The van der Waals surface area contributed by atoms with E-state index < -0.39 is 17.5 Å². The Bertz CT molecular complexity index is 1020. The summed E-state index contributed by atoms with van der Waals surface area (Å²) in [6.45, 7) is 0. The van der Waals surface area contributed by atoms with Crippen LogP contribution >= 0.6 is 11.8 Å². The van der Waals surface area contributed by atoms with Crippen LogP contribution in [-0.4, -0.2) is 10.2 Å². The van der Waals surface area contributed by atoms with Gasteiger partial charge in [-0.1, -0.05) is 0 Å². The number of nitriles is 1. The number of fused-ring (bicyclic) bond motifs is 1. The molecule has 25 heavy (non-hydrogen) atoms. The Balaban J connectivity index is 1.85. The highest BCUT2D eigenvalue weighted by Gasteiger charge is 2.29. The largest absolute Gasteiger partial charge is 0.453 e. The predicted molar refractivity (Wildman–Crippen MR) is 88.3 cm³/mol. The van der Waals surface area contributed by atoms with E-state index in [0.29, 0.717) is 15.5 Å². The van der Waals surface area contributed by atoms with E-state index in [9.17, 15) is 13.2 Å². The molecule has 126 valence electrons. The number of hydrogen-bond donors (Lipinski definition) is 1. The first kappa shape index (κ1) is 15.9. The maximum absolute atomic E-state index is 14.6. The van der Waals surface area contributed by atoms with Crippen LogP contribution in [0, 0.1) is 28.8 Å². The van der Waals surface area contributed by atoms with Gasteiger partial charge in [-0.15, -0.1) is 11.8 Å². The summed E-state index contributed by atoms with van der Waals surface area (Å²) in [5.74, 6) is -3.00. The number of hydrogen-bond acceptors (Lipinski definition) is 3. The highest BCUT2D eigenvalue weighted by molar-refractivity contribution is 8.00. The molecule has 1 fully saturated rings. The van der Waals surface area contributed by atoms with E-state index in [1.165, 1.54) is 23.9 Å². The van der Waals surface area contributed by atoms with Gasteiger partial charge in [0.15, 0.2) is 11.6 Å². The highest BCUT2D eigenvalue weighted by Crippen LogP contribution is 2.48. The second-order valence-corrected chi connectivity index (χ2v) is 7.04. The van der Waals surface area contributed by atoms with Crippen LogP contribution in [0.1, 0.15) is 18.4 Å². The van der Waals surface area contributed by atoms with E-state index in [0.717, 1.165) is 18.9 Å². The number of ether oxygens (including phenoxy) is 1. The second-order valence-electron chi connectivity index (χ2n) is 5.73. The molecule has 1 aromatic heterocycles. The van der Waals surface area contributed by atoms with Crippen molar-refractivity contribution >= 4 is 22.7 Å². The molecular formula is C18H11F3N2OS. The van der Waals surface area contributed by atoms with Crippen molar-refractivity contribution in [2.24, 2.45) is 0 Å². The Hall–Kier alpha value is -2.59. The molecule has 0 aliphatic heterocycles. The molecule has 7 heteroatoms. The van der Waals surface area contributed by atoms with Crippen LogP contribution in [0.2, 0.25) is 0 Å². The van der Waals surface area contributed by atoms with Crippen LogP contribution in [0.5, 0.6) is 11.5 Å². The topological polar surface area (TPSA) is 48.8 Å². The van der Waals surface area contributed by atoms with Crippen molar-refractivity contribution in [2.75, 3.05) is 0 Å². The third kappa shape index (κ3) is 2.83. The summed E-state index contributed by atoms with van der Waals surface area (Å²) < 4.78 is 48.0. The molecule has 0 amide bonds. The van der Waals surface area contributed by atoms with Crippen LogP contribution in [0.15, 0.2) is 35.4 Å². The van der Waals surface area contributed by atoms with Gasteiger partial charge in [0.1, 0.15) is 17.6 Å². The molecule has 0 unspecified atom stereocenters. The Morgan fingerprint density at radius 3 is 2.68 bits per heavy atom. The van der Waals surface area contributed by atoms with Crippen LogP contribution in [0.4, 0.5) is 13.2 Å². The molecule has 3 aromatic rings. The van der Waals surface area contributed by atoms with Crippen molar-refractivity contribution in [3.63, 3.8) is 0 Å². The minimum Gasteiger partial charge on any atom is -0.453 e. The molecule has 3 nitrogen and oxygen atoms in total. The number of nitrogens with one attached hydrogen (secondary N) is 1. The first-order valence-electron chi connectivity index (χ1n) is 7.60. The summed E-state index contributed by atoms with van der Waals surface area (Å²) in [6.07, 6.45) is 3.55. The van der Waals surface area contributed by atoms with Crippen LogP contribution < -0.4 is 4.74 Å². The molecule has 0 atom stereocenters. The van der Waals surface area contributed by atoms with E-state index >= 15 is 0 Å². The molecule has 1 aliphatic rings. The molecule has 2 aromatic carbocycles. The lowest BCUT2D eigenvalue weighted by Crippen LogP contribution is -1.98. The van der Waals surface area contributed by atoms with E-state index in [2.05, 4.69) is 4.98 Å². The summed E-state index contributed by atoms with van der Waals surface area (Å²) in [4.78, 5) is 3.20. The Kier molecular flexibility index (Phi) is 3.85. The van der Waals surface area contributed by atoms with Gasteiger partial charge in [-0.2, -0.15) is 9.65 Å². The van der Waals surface area contributed by atoms with Gasteiger partial charge < -0.3 is 9.72 Å². The molecule has 1 saturated carbocycles. The van der Waals surface area contributed by atoms with Crippen molar-refractivity contribution in [3.8, 4) is 17.6 Å². The summed E-state index contributed by atoms with van der Waals surface area (Å²) in [5.41, 5.74) is -0.137. The summed E-state index contributed by atoms with van der Waals surface area (Å²) in [7, 11) is 0. The standard InChI is InChI=1S/C18H11F3N2OS/c19-13-4-1-10(7-9(13)8-22)24-17-15(21)14(20)16-12(5-6-23-16)18(17)25-11-2-3-11/h1,4-7,11,23H,2-3H2. The van der Waals surface area contributed by atoms with E-state index in [-0.39, 0.29) is 22.6 Å². The fraction of sp³-hybridized carbons (Fsp3) is 0.167. The molecule has 1 N–H and O–H groups in total. The van der Waals surface area contributed by atoms with Crippen molar-refractivity contribution < 1.29 is 17.9 Å². The molecule has 0 saturated heterocycles. The first-order valence-corrected chi connectivity index (χ1v) is 8.48. The van der Waals surface area contributed by atoms with Gasteiger partial charge in [0.2, 0.25) is 5.82 Å². The van der Waals surface area contributed by atoms with Gasteiger partial charge in [-0.25, -0.2) is 8.78 Å². The number of aromatic amines is 1. The second kappa shape index (κ2) is 6.05. The SMILES string of the molecule is N#Cc1cc(Oc2c(F)c(F)c3[nH]ccc3c2SC2CC2)ccc1F. The van der Waals surface area contributed by atoms with Gasteiger partial charge in [-0.05, 0) is 31.0 Å². The van der Waals surface area contributed by atoms with Crippen LogP contribution in [0.25, 0.3) is 10.9 Å². The molecule has 4 rings (SSSR count). The highest BCUT2D eigenvalue weighted by atomic mass is 32.2. The number of rotatable bonds is 4. The molecule has 0 bridgehead atoms. The van der Waals surface area contributed by atoms with Gasteiger partial charge in [0, 0.05) is 22.9 Å². The smallest absolute Gasteiger partial charge is 0.204 e. The lowest BCUT2D eigenvalue weighted by Gasteiger charge is -2.14. The lowest BCUT2D eigenvalue weighted by molar-refractivity contribution is 0.409. The Labute approximate surface area is 145 Å². The van der Waals surface area contributed by atoms with Crippen LogP contribution in [0.3, 0.4) is 0 Å². The number of thioether (sulfide) groups is 1. The summed E-state index contributed by atoms with van der Waals surface area (Å²) >= 11 is 1.43. The predicted octanol–water partition coefficient (Wildman–Crippen LogP) is 5.50. The minimum atomic E-state index is -1.11. The fourth-order valence-electron chi connectivity index (χ4n) is 2.50. The zero-order valence-corrected chi connectivity index (χ0v) is 13.6. The maximum Gasteiger partial charge on any atom is 0.204 e. The molecule has 1 heterocycles. The number of benzene rings is 2. The lowest BCUT2D eigenvalue weighted by atomic mass is 10.2. The van der Waals surface area contributed by atoms with Gasteiger partial charge in [0.25, 0.3) is 0 Å². The average Bonchev–Trinajstić information content (AvgIpc) is 3.30. The summed E-state index contributed by atoms with van der Waals surface area (Å²) in [6, 6.07) is 6.87. The molecule has 0 radical (unpaired) electrons. The van der Waals surface area contributed by atoms with Crippen LogP contribution in [-0.2, 0) is 0 Å². The maximum atomic E-state index is 14.6. The fourth-order valence-corrected chi connectivity index (χ4v) is 3.74. The van der Waals surface area contributed by atoms with Crippen molar-refractivity contribution in [1.82, 2.24) is 4.98 Å². The number of nitrogens with zero attached hydrogens (tertiary/aromatic N) is 1. The zero-order chi connectivity index (χ0) is 17.6. The molecule has 0 spiro atoms. The third-order valence-corrected chi connectivity index (χ3v) is 5.34. The quantitative estimate of drug-likeness (QED) is 0.668. The molecule has 1 aliphatic carbocycles. The Morgan fingerprint density at radius 1 is 1.16 bits per heavy atom. The van der Waals surface area contributed by atoms with Crippen molar-refractivity contribution in [1.29, 1.82) is 5.26 Å².